The van der Waals surface area contributed by atoms with Crippen molar-refractivity contribution in [3.63, 3.8) is 0 Å². The second kappa shape index (κ2) is 16.5. The van der Waals surface area contributed by atoms with Crippen molar-refractivity contribution in [2.75, 3.05) is 59.0 Å². The van der Waals surface area contributed by atoms with Gasteiger partial charge in [-0.05, 0) is 73.7 Å². The van der Waals surface area contributed by atoms with E-state index in [1.54, 1.807) is 13.2 Å². The van der Waals surface area contributed by atoms with Crippen LogP contribution in [0.2, 0.25) is 0 Å². The van der Waals surface area contributed by atoms with Crippen LogP contribution in [0.1, 0.15) is 75.3 Å². The van der Waals surface area contributed by atoms with Crippen LogP contribution >= 0.6 is 0 Å². The molecule has 5 aliphatic heterocycles. The molecule has 0 radical (unpaired) electrons. The van der Waals surface area contributed by atoms with Crippen molar-refractivity contribution in [1.29, 1.82) is 0 Å². The van der Waals surface area contributed by atoms with Gasteiger partial charge in [0.05, 0.1) is 33.1 Å². The van der Waals surface area contributed by atoms with Crippen molar-refractivity contribution in [2.45, 2.75) is 93.9 Å². The molecule has 346 valence electrons. The van der Waals surface area contributed by atoms with E-state index in [0.717, 1.165) is 54.6 Å². The van der Waals surface area contributed by atoms with Crippen LogP contribution in [-0.2, 0) is 61.0 Å². The van der Waals surface area contributed by atoms with E-state index in [2.05, 4.69) is 27.8 Å². The van der Waals surface area contributed by atoms with Crippen LogP contribution in [0.5, 0.6) is 5.75 Å². The van der Waals surface area contributed by atoms with Crippen molar-refractivity contribution in [2.24, 2.45) is 17.3 Å². The first-order valence-corrected chi connectivity index (χ1v) is 23.3. The van der Waals surface area contributed by atoms with Crippen LogP contribution in [0.4, 0.5) is 5.69 Å². The number of aromatic amines is 1. The minimum Gasteiger partial charge on any atom is -0.496 e. The summed E-state index contributed by atoms with van der Waals surface area (Å²) in [4.78, 5) is 66.5. The molecule has 3 fully saturated rings. The first kappa shape index (κ1) is 45.7. The molecule has 1 saturated carbocycles. The number of ether oxygens (including phenoxy) is 4. The summed E-state index contributed by atoms with van der Waals surface area (Å²) in [5, 5.41) is 14.3. The zero-order valence-electron chi connectivity index (χ0n) is 37.0. The smallest absolute Gasteiger partial charge is 0.394 e. The number of esters is 3. The van der Waals surface area contributed by atoms with Crippen LogP contribution in [0, 0.1) is 17.3 Å². The summed E-state index contributed by atoms with van der Waals surface area (Å²) in [6.07, 6.45) is 7.25. The van der Waals surface area contributed by atoms with Gasteiger partial charge in [-0.25, -0.2) is 4.79 Å². The molecule has 18 heteroatoms. The molecule has 6 aliphatic rings. The lowest BCUT2D eigenvalue weighted by Gasteiger charge is -2.63. The number of H-pyrrole nitrogens is 1. The number of hydrogen-bond donors (Lipinski definition) is 4. The van der Waals surface area contributed by atoms with Gasteiger partial charge in [0.15, 0.2) is 6.10 Å². The van der Waals surface area contributed by atoms with E-state index in [1.165, 1.54) is 26.0 Å². The number of aliphatic hydroxyl groups is 1. The van der Waals surface area contributed by atoms with Gasteiger partial charge in [0.25, 0.3) is 0 Å². The van der Waals surface area contributed by atoms with Gasteiger partial charge in [0.2, 0.25) is 12.0 Å². The molecule has 17 nitrogen and oxygen atoms in total. The van der Waals surface area contributed by atoms with E-state index in [-0.39, 0.29) is 5.92 Å². The SMILES string of the molecule is CC[C@H]1C[C@H]2CN(CCc3c([nH]c4ccccc34)[C@@](C(=O)OC)(c3cc4c(cc3OC)N(C=O)[C@H]3[C@@](O)(C(=O)OC)[C@H](OC(C)=O)[C@]5(CC)C=CCN6CC[C@]43[C@@H]65)C2)C1.O=S(=O)(O)O. The summed E-state index contributed by atoms with van der Waals surface area (Å²) in [5.41, 5.74) is -1.54. The predicted octanol–water partition coefficient (Wildman–Crippen LogP) is 3.75. The fourth-order valence-corrected chi connectivity index (χ4v) is 13.3. The second-order valence-corrected chi connectivity index (χ2v) is 19.2. The van der Waals surface area contributed by atoms with Gasteiger partial charge in [0.1, 0.15) is 11.2 Å². The quantitative estimate of drug-likeness (QED) is 0.0831. The number of piperidine rings is 1. The largest absolute Gasteiger partial charge is 0.496 e. The number of nitrogens with zero attached hydrogens (tertiary/aromatic N) is 3. The van der Waals surface area contributed by atoms with Crippen LogP contribution in [0.25, 0.3) is 10.9 Å². The second-order valence-electron chi connectivity index (χ2n) is 18.3. The van der Waals surface area contributed by atoms with Crippen LogP contribution in [0.3, 0.4) is 0 Å². The van der Waals surface area contributed by atoms with Crippen molar-refractivity contribution >= 4 is 51.3 Å². The van der Waals surface area contributed by atoms with Gasteiger partial charge < -0.3 is 38.8 Å². The summed E-state index contributed by atoms with van der Waals surface area (Å²) in [6.45, 7) is 9.32. The van der Waals surface area contributed by atoms with Crippen LogP contribution < -0.4 is 9.64 Å². The molecule has 4 N–H and O–H groups in total. The molecule has 1 unspecified atom stereocenters. The number of fused-ring (bicyclic) bond motifs is 6. The number of para-hydroxylation sites is 1. The predicted molar refractivity (Wildman–Crippen MR) is 233 cm³/mol. The number of nitrogens with one attached hydrogen (secondary N) is 1. The van der Waals surface area contributed by atoms with Crippen LogP contribution in [-0.4, -0.2) is 140 Å². The maximum atomic E-state index is 15.3. The molecule has 2 saturated heterocycles. The average molecular weight is 907 g/mol. The highest BCUT2D eigenvalue weighted by Gasteiger charge is 2.81. The summed E-state index contributed by atoms with van der Waals surface area (Å²) >= 11 is 0. The number of benzene rings is 2. The molecule has 2 aromatic carbocycles. The van der Waals surface area contributed by atoms with E-state index in [0.29, 0.717) is 73.7 Å². The topological polar surface area (TPSA) is 226 Å². The van der Waals surface area contributed by atoms with Crippen molar-refractivity contribution < 1.29 is 60.8 Å². The number of amides is 1. The third-order valence-electron chi connectivity index (χ3n) is 15.4. The lowest BCUT2D eigenvalue weighted by molar-refractivity contribution is -0.228. The number of anilines is 1. The normalized spacial score (nSPS) is 33.7. The standard InChI is InChI=1S/C46H56N4O9.H2O4S/c1-7-28-20-29-23-45(41(53)57-5,37-31(14-18-48(24-28)25-29)30-12-9-10-13-34(30)47-37)33-21-32-35(22-36(33)56-4)50(26-51)39-44(32)16-19-49-17-11-15-43(8-2,38(44)49)40(59-27(3)52)46(39,55)42(54)58-6;1-5(2,3)4/h9-13,15,21-22,26,28-29,38-40,47,55H,7-8,14,16-20,23-25H2,1-6H3;(H2,1,2,3,4)/t28-,29+,38-,39+,40+,43+,44+,45-,46-;/m0./s1. The Morgan fingerprint density at radius 1 is 0.984 bits per heavy atom. The Labute approximate surface area is 372 Å². The lowest BCUT2D eigenvalue weighted by Crippen LogP contribution is -2.81. The molecule has 10 atom stereocenters. The van der Waals surface area contributed by atoms with E-state index in [1.807, 2.05) is 43.3 Å². The Morgan fingerprint density at radius 2 is 1.70 bits per heavy atom. The van der Waals surface area contributed by atoms with Gasteiger partial charge in [-0.3, -0.25) is 28.4 Å². The minimum atomic E-state index is -4.67. The molecular weight excluding hydrogens is 849 g/mol. The van der Waals surface area contributed by atoms with Gasteiger partial charge in [-0.2, -0.15) is 8.42 Å². The third-order valence-corrected chi connectivity index (χ3v) is 15.4. The Bertz CT molecular complexity index is 2500. The monoisotopic (exact) mass is 906 g/mol. The molecule has 1 spiro atoms. The molecule has 6 heterocycles. The Hall–Kier alpha value is -4.85. The highest BCUT2D eigenvalue weighted by atomic mass is 32.3. The zero-order chi connectivity index (χ0) is 46.1. The van der Waals surface area contributed by atoms with E-state index in [9.17, 15) is 19.5 Å². The van der Waals surface area contributed by atoms with Crippen LogP contribution in [0.15, 0.2) is 48.6 Å². The van der Waals surface area contributed by atoms with Crippen molar-refractivity contribution in [1.82, 2.24) is 14.8 Å². The van der Waals surface area contributed by atoms with Gasteiger partial charge in [-0.1, -0.05) is 50.6 Å². The summed E-state index contributed by atoms with van der Waals surface area (Å²) < 4.78 is 55.4. The zero-order valence-corrected chi connectivity index (χ0v) is 37.9. The number of carbonyl (C=O) groups excluding carboxylic acids is 4. The van der Waals surface area contributed by atoms with Crippen molar-refractivity contribution in [3.05, 3.63) is 70.9 Å². The number of methoxy groups -OCH3 is 3. The lowest BCUT2D eigenvalue weighted by atomic mass is 9.47. The highest BCUT2D eigenvalue weighted by molar-refractivity contribution is 7.79. The average Bonchev–Trinajstić information content (AvgIpc) is 3.95. The summed E-state index contributed by atoms with van der Waals surface area (Å²) in [7, 11) is -0.472. The Morgan fingerprint density at radius 3 is 2.34 bits per heavy atom. The first-order chi connectivity index (χ1) is 30.4. The van der Waals surface area contributed by atoms with E-state index < -0.39 is 68.3 Å². The molecule has 9 rings (SSSR count). The molecular formula is C46H58N4O13S. The molecule has 3 aromatic rings. The van der Waals surface area contributed by atoms with Gasteiger partial charge in [-0.15, -0.1) is 0 Å². The molecule has 1 aliphatic carbocycles. The number of hydrogen-bond acceptors (Lipinski definition) is 13. The van der Waals surface area contributed by atoms with Gasteiger partial charge in [0, 0.05) is 78.2 Å². The third kappa shape index (κ3) is 6.69. The minimum absolute atomic E-state index is 0.127. The highest BCUT2D eigenvalue weighted by Crippen LogP contribution is 2.68. The van der Waals surface area contributed by atoms with Gasteiger partial charge >= 0.3 is 28.3 Å². The number of rotatable bonds is 8. The van der Waals surface area contributed by atoms with E-state index >= 15 is 4.79 Å². The first-order valence-electron chi connectivity index (χ1n) is 21.9. The number of carbonyl (C=O) groups is 4. The maximum absolute atomic E-state index is 15.3. The summed E-state index contributed by atoms with van der Waals surface area (Å²) in [5.74, 6) is -1.12. The fourth-order valence-electron chi connectivity index (χ4n) is 13.3. The maximum Gasteiger partial charge on any atom is 0.394 e. The summed E-state index contributed by atoms with van der Waals surface area (Å²) in [6, 6.07) is 10.3. The molecule has 64 heavy (non-hydrogen) atoms. The van der Waals surface area contributed by atoms with Crippen molar-refractivity contribution in [3.8, 4) is 5.75 Å². The molecule has 1 aromatic heterocycles. The van der Waals surface area contributed by atoms with E-state index in [4.69, 9.17) is 36.5 Å². The Balaban J connectivity index is 0.00000106. The number of aromatic nitrogens is 1. The molecule has 2 bridgehead atoms. The Kier molecular flexibility index (Phi) is 11.8. The molecule has 1 amide bonds. The fraction of sp³-hybridized carbons (Fsp3) is 0.565.